The summed E-state index contributed by atoms with van der Waals surface area (Å²) in [6, 6.07) is 0. The van der Waals surface area contributed by atoms with Gasteiger partial charge in [0.1, 0.15) is 0 Å². The molecule has 80 valence electrons. The van der Waals surface area contributed by atoms with Crippen LogP contribution in [0.5, 0.6) is 0 Å². The Labute approximate surface area is 86.8 Å². The summed E-state index contributed by atoms with van der Waals surface area (Å²) < 4.78 is 0. The number of hydrogen-bond acceptors (Lipinski definition) is 1. The first kappa shape index (κ1) is 11.3. The van der Waals surface area contributed by atoms with E-state index in [2.05, 4.69) is 26.1 Å². The van der Waals surface area contributed by atoms with Gasteiger partial charge in [-0.05, 0) is 24.7 Å². The molecule has 0 aromatic carbocycles. The Morgan fingerprint density at radius 2 is 2.21 bits per heavy atom. The molecule has 0 unspecified atom stereocenters. The van der Waals surface area contributed by atoms with Crippen molar-refractivity contribution in [3.8, 4) is 0 Å². The van der Waals surface area contributed by atoms with Gasteiger partial charge in [0.05, 0.1) is 0 Å². The second kappa shape index (κ2) is 4.63. The van der Waals surface area contributed by atoms with Crippen molar-refractivity contribution >= 4 is 5.91 Å². The Morgan fingerprint density at radius 3 is 2.86 bits per heavy atom. The average molecular weight is 195 g/mol. The van der Waals surface area contributed by atoms with Gasteiger partial charge in [-0.15, -0.1) is 0 Å². The second-order valence-corrected chi connectivity index (χ2v) is 4.96. The lowest BCUT2D eigenvalue weighted by Crippen LogP contribution is -2.30. The Bertz CT molecular complexity index is 241. The maximum absolute atomic E-state index is 11.4. The van der Waals surface area contributed by atoms with E-state index in [0.717, 1.165) is 19.4 Å². The fraction of sp³-hybridized carbons (Fsp3) is 0.750. The van der Waals surface area contributed by atoms with Gasteiger partial charge in [-0.1, -0.05) is 32.8 Å². The first-order valence-electron chi connectivity index (χ1n) is 5.51. The van der Waals surface area contributed by atoms with Crippen LogP contribution in [0.25, 0.3) is 0 Å². The molecule has 0 saturated heterocycles. The van der Waals surface area contributed by atoms with E-state index < -0.39 is 0 Å². The van der Waals surface area contributed by atoms with Gasteiger partial charge in [0, 0.05) is 12.6 Å². The minimum atomic E-state index is 0.0849. The minimum Gasteiger partial charge on any atom is -0.352 e. The van der Waals surface area contributed by atoms with Crippen LogP contribution in [-0.2, 0) is 4.79 Å². The van der Waals surface area contributed by atoms with E-state index in [-0.39, 0.29) is 11.3 Å². The zero-order valence-corrected chi connectivity index (χ0v) is 9.52. The molecule has 0 aromatic rings. The summed E-state index contributed by atoms with van der Waals surface area (Å²) in [5.74, 6) is 0.0849. The lowest BCUT2D eigenvalue weighted by atomic mass is 9.85. The van der Waals surface area contributed by atoms with Crippen molar-refractivity contribution < 1.29 is 4.79 Å². The molecule has 1 heterocycles. The summed E-state index contributed by atoms with van der Waals surface area (Å²) in [5, 5.41) is 2.93. The van der Waals surface area contributed by atoms with Crippen LogP contribution in [0.2, 0.25) is 0 Å². The number of allylic oxidation sites excluding steroid dienone is 1. The quantitative estimate of drug-likeness (QED) is 0.737. The van der Waals surface area contributed by atoms with E-state index >= 15 is 0 Å². The maximum Gasteiger partial charge on any atom is 0.243 e. The molecule has 1 aliphatic rings. The molecule has 0 bridgehead atoms. The van der Waals surface area contributed by atoms with Gasteiger partial charge in [-0.3, -0.25) is 4.79 Å². The van der Waals surface area contributed by atoms with Crippen LogP contribution < -0.4 is 5.32 Å². The zero-order valence-electron chi connectivity index (χ0n) is 9.52. The topological polar surface area (TPSA) is 29.1 Å². The summed E-state index contributed by atoms with van der Waals surface area (Å²) >= 11 is 0. The van der Waals surface area contributed by atoms with Gasteiger partial charge >= 0.3 is 0 Å². The minimum absolute atomic E-state index is 0.0849. The van der Waals surface area contributed by atoms with Gasteiger partial charge in [0.2, 0.25) is 5.91 Å². The van der Waals surface area contributed by atoms with Crippen molar-refractivity contribution in [2.45, 2.75) is 46.5 Å². The van der Waals surface area contributed by atoms with Crippen molar-refractivity contribution in [3.05, 3.63) is 11.6 Å². The van der Waals surface area contributed by atoms with Crippen molar-refractivity contribution in [2.75, 3.05) is 6.54 Å². The summed E-state index contributed by atoms with van der Waals surface area (Å²) in [7, 11) is 0. The third-order valence-electron chi connectivity index (χ3n) is 2.63. The highest BCUT2D eigenvalue weighted by Crippen LogP contribution is 2.28. The Hall–Kier alpha value is -0.790. The van der Waals surface area contributed by atoms with E-state index in [1.54, 1.807) is 6.08 Å². The normalized spacial score (nSPS) is 21.1. The van der Waals surface area contributed by atoms with Crippen LogP contribution in [0, 0.1) is 5.41 Å². The molecule has 0 spiro atoms. The monoisotopic (exact) mass is 195 g/mol. The summed E-state index contributed by atoms with van der Waals surface area (Å²) in [6.07, 6.45) is 6.30. The zero-order chi connectivity index (χ0) is 10.6. The molecule has 2 heteroatoms. The van der Waals surface area contributed by atoms with Crippen LogP contribution >= 0.6 is 0 Å². The number of carbonyl (C=O) groups is 1. The third kappa shape index (κ3) is 3.52. The molecule has 1 N–H and O–H groups in total. The fourth-order valence-corrected chi connectivity index (χ4v) is 1.86. The van der Waals surface area contributed by atoms with Gasteiger partial charge in [0.25, 0.3) is 0 Å². The molecule has 2 nitrogen and oxygen atoms in total. The van der Waals surface area contributed by atoms with E-state index in [4.69, 9.17) is 0 Å². The molecule has 0 atom stereocenters. The molecule has 1 aliphatic heterocycles. The second-order valence-electron chi connectivity index (χ2n) is 4.96. The van der Waals surface area contributed by atoms with Gasteiger partial charge in [-0.25, -0.2) is 0 Å². The fourth-order valence-electron chi connectivity index (χ4n) is 1.86. The van der Waals surface area contributed by atoms with Crippen LogP contribution in [0.4, 0.5) is 0 Å². The Morgan fingerprint density at radius 1 is 1.50 bits per heavy atom. The van der Waals surface area contributed by atoms with E-state index in [9.17, 15) is 4.79 Å². The average Bonchev–Trinajstić information content (AvgIpc) is 2.22. The molecule has 0 radical (unpaired) electrons. The van der Waals surface area contributed by atoms with Crippen LogP contribution in [0.15, 0.2) is 11.6 Å². The lowest BCUT2D eigenvalue weighted by Gasteiger charge is -2.23. The highest BCUT2D eigenvalue weighted by atomic mass is 16.1. The largest absolute Gasteiger partial charge is 0.352 e. The standard InChI is InChI=1S/C12H21NO/c1-4-5-6-10-7-11(14)13-9-12(2,3)8-10/h7H,4-6,8-9H2,1-3H3,(H,13,14). The Balaban J connectivity index is 2.64. The number of rotatable bonds is 3. The van der Waals surface area contributed by atoms with Crippen molar-refractivity contribution in [3.63, 3.8) is 0 Å². The van der Waals surface area contributed by atoms with Crippen LogP contribution in [0.1, 0.15) is 46.5 Å². The molecular weight excluding hydrogens is 174 g/mol. The number of unbranched alkanes of at least 4 members (excludes halogenated alkanes) is 1. The smallest absolute Gasteiger partial charge is 0.243 e. The summed E-state index contributed by atoms with van der Waals surface area (Å²) in [5.41, 5.74) is 1.53. The molecule has 0 aromatic heterocycles. The van der Waals surface area contributed by atoms with Gasteiger partial charge < -0.3 is 5.32 Å². The van der Waals surface area contributed by atoms with Crippen molar-refractivity contribution in [1.82, 2.24) is 5.32 Å². The van der Waals surface area contributed by atoms with Gasteiger partial charge in [0.15, 0.2) is 0 Å². The molecule has 14 heavy (non-hydrogen) atoms. The van der Waals surface area contributed by atoms with Crippen LogP contribution in [-0.4, -0.2) is 12.5 Å². The first-order chi connectivity index (χ1) is 6.53. The summed E-state index contributed by atoms with van der Waals surface area (Å²) in [6.45, 7) is 7.39. The SMILES string of the molecule is CCCCC1=CC(=O)NCC(C)(C)C1. The maximum atomic E-state index is 11.4. The molecule has 1 rings (SSSR count). The van der Waals surface area contributed by atoms with E-state index in [1.807, 2.05) is 0 Å². The van der Waals surface area contributed by atoms with Crippen molar-refractivity contribution in [1.29, 1.82) is 0 Å². The number of hydrogen-bond donors (Lipinski definition) is 1. The van der Waals surface area contributed by atoms with Gasteiger partial charge in [-0.2, -0.15) is 0 Å². The predicted octanol–water partition coefficient (Wildman–Crippen LogP) is 2.65. The van der Waals surface area contributed by atoms with Crippen molar-refractivity contribution in [2.24, 2.45) is 5.41 Å². The van der Waals surface area contributed by atoms with E-state index in [0.29, 0.717) is 0 Å². The predicted molar refractivity (Wildman–Crippen MR) is 59.0 cm³/mol. The van der Waals surface area contributed by atoms with E-state index in [1.165, 1.54) is 18.4 Å². The summed E-state index contributed by atoms with van der Waals surface area (Å²) in [4.78, 5) is 11.4. The highest BCUT2D eigenvalue weighted by molar-refractivity contribution is 5.88. The molecule has 0 saturated carbocycles. The molecule has 0 aliphatic carbocycles. The van der Waals surface area contributed by atoms with Crippen LogP contribution in [0.3, 0.4) is 0 Å². The number of carbonyl (C=O) groups excluding carboxylic acids is 1. The number of amides is 1. The first-order valence-corrected chi connectivity index (χ1v) is 5.51. The lowest BCUT2D eigenvalue weighted by molar-refractivity contribution is -0.116. The highest BCUT2D eigenvalue weighted by Gasteiger charge is 2.23. The number of nitrogens with one attached hydrogen (secondary N) is 1. The molecular formula is C12H21NO. The molecule has 0 fully saturated rings. The Kier molecular flexibility index (Phi) is 3.73. The third-order valence-corrected chi connectivity index (χ3v) is 2.63. The molecule has 1 amide bonds.